The van der Waals surface area contributed by atoms with E-state index in [9.17, 15) is 4.79 Å². The van der Waals surface area contributed by atoms with Crippen molar-refractivity contribution in [3.63, 3.8) is 0 Å². The molecule has 1 aliphatic heterocycles. The number of rotatable bonds is 5. The second-order valence-corrected chi connectivity index (χ2v) is 6.02. The first-order valence-electron chi connectivity index (χ1n) is 7.04. The Bertz CT molecular complexity index is 473. The van der Waals surface area contributed by atoms with Crippen LogP contribution in [0.4, 0.5) is 0 Å². The van der Waals surface area contributed by atoms with Crippen molar-refractivity contribution in [1.29, 1.82) is 0 Å². The van der Waals surface area contributed by atoms with Gasteiger partial charge in [0.1, 0.15) is 0 Å². The fourth-order valence-corrected chi connectivity index (χ4v) is 3.06. The summed E-state index contributed by atoms with van der Waals surface area (Å²) >= 11 is 12.1. The third-order valence-electron chi connectivity index (χ3n) is 3.68. The Morgan fingerprint density at radius 2 is 2.05 bits per heavy atom. The monoisotopic (exact) mass is 314 g/mol. The van der Waals surface area contributed by atoms with Crippen molar-refractivity contribution in [3.05, 3.63) is 33.8 Å². The average molecular weight is 315 g/mol. The molecule has 5 heteroatoms. The molecule has 1 atom stereocenters. The largest absolute Gasteiger partial charge is 0.343 e. The number of nitrogens with zero attached hydrogens (tertiary/aromatic N) is 1. The predicted molar refractivity (Wildman–Crippen MR) is 83.3 cm³/mol. The maximum Gasteiger partial charge on any atom is 0.223 e. The molecule has 2 rings (SSSR count). The Morgan fingerprint density at radius 1 is 1.35 bits per heavy atom. The molecule has 1 unspecified atom stereocenters. The van der Waals surface area contributed by atoms with Crippen LogP contribution < -0.4 is 5.32 Å². The van der Waals surface area contributed by atoms with Gasteiger partial charge in [-0.3, -0.25) is 4.79 Å². The Labute approximate surface area is 130 Å². The average Bonchev–Trinajstić information content (AvgIpc) is 2.92. The molecule has 0 spiro atoms. The molecule has 0 saturated carbocycles. The van der Waals surface area contributed by atoms with E-state index < -0.39 is 0 Å². The van der Waals surface area contributed by atoms with E-state index in [1.807, 2.05) is 24.0 Å². The topological polar surface area (TPSA) is 32.3 Å². The van der Waals surface area contributed by atoms with Gasteiger partial charge in [0.25, 0.3) is 0 Å². The number of hydrogen-bond acceptors (Lipinski definition) is 2. The van der Waals surface area contributed by atoms with E-state index >= 15 is 0 Å². The van der Waals surface area contributed by atoms with Gasteiger partial charge in [-0.2, -0.15) is 0 Å². The Morgan fingerprint density at radius 3 is 2.70 bits per heavy atom. The molecular formula is C15H20Cl2N2O. The number of halogens is 2. The summed E-state index contributed by atoms with van der Waals surface area (Å²) in [5.74, 6) is 0.240. The van der Waals surface area contributed by atoms with Gasteiger partial charge in [-0.15, -0.1) is 0 Å². The third-order valence-corrected chi connectivity index (χ3v) is 4.24. The number of carbonyl (C=O) groups excluding carboxylic acids is 1. The molecule has 1 aromatic rings. The summed E-state index contributed by atoms with van der Waals surface area (Å²) in [5.41, 5.74) is 1.00. The summed E-state index contributed by atoms with van der Waals surface area (Å²) in [6, 6.07) is 5.60. The molecule has 1 heterocycles. The van der Waals surface area contributed by atoms with Crippen LogP contribution in [0.15, 0.2) is 18.2 Å². The first-order valence-corrected chi connectivity index (χ1v) is 7.79. The first-order chi connectivity index (χ1) is 9.58. The van der Waals surface area contributed by atoms with E-state index in [0.29, 0.717) is 23.0 Å². The number of benzene rings is 1. The van der Waals surface area contributed by atoms with E-state index in [-0.39, 0.29) is 11.9 Å². The van der Waals surface area contributed by atoms with Gasteiger partial charge >= 0.3 is 0 Å². The van der Waals surface area contributed by atoms with Gasteiger partial charge < -0.3 is 10.2 Å². The lowest BCUT2D eigenvalue weighted by Crippen LogP contribution is -2.31. The summed E-state index contributed by atoms with van der Waals surface area (Å²) in [6.07, 6.45) is 2.81. The number of carbonyl (C=O) groups is 1. The Kier molecular flexibility index (Phi) is 5.70. The fraction of sp³-hybridized carbons (Fsp3) is 0.533. The lowest BCUT2D eigenvalue weighted by molar-refractivity contribution is -0.130. The Hall–Kier alpha value is -0.770. The van der Waals surface area contributed by atoms with Gasteiger partial charge in [0, 0.05) is 42.1 Å². The van der Waals surface area contributed by atoms with Gasteiger partial charge in [-0.25, -0.2) is 0 Å². The standard InChI is InChI=1S/C15H20Cl2N2O/c1-11(13-5-4-12(16)10-14(13)17)18-7-6-15(20)19-8-2-3-9-19/h4-5,10-11,18H,2-3,6-9H2,1H3. The normalized spacial score (nSPS) is 16.4. The van der Waals surface area contributed by atoms with Crippen LogP contribution in [-0.4, -0.2) is 30.4 Å². The van der Waals surface area contributed by atoms with Crippen molar-refractivity contribution < 1.29 is 4.79 Å². The molecular weight excluding hydrogens is 295 g/mol. The summed E-state index contributed by atoms with van der Waals surface area (Å²) in [5, 5.41) is 4.63. The van der Waals surface area contributed by atoms with E-state index in [0.717, 1.165) is 31.5 Å². The molecule has 0 radical (unpaired) electrons. The van der Waals surface area contributed by atoms with E-state index in [1.165, 1.54) is 0 Å². The molecule has 0 aromatic heterocycles. The molecule has 1 aromatic carbocycles. The summed E-state index contributed by atoms with van der Waals surface area (Å²) in [6.45, 7) is 4.53. The molecule has 3 nitrogen and oxygen atoms in total. The van der Waals surface area contributed by atoms with Crippen molar-refractivity contribution in [2.24, 2.45) is 0 Å². The molecule has 0 aliphatic carbocycles. The zero-order chi connectivity index (χ0) is 14.5. The second-order valence-electron chi connectivity index (χ2n) is 5.18. The SMILES string of the molecule is CC(NCCC(=O)N1CCCC1)c1ccc(Cl)cc1Cl. The minimum atomic E-state index is 0.103. The van der Waals surface area contributed by atoms with E-state index in [4.69, 9.17) is 23.2 Å². The highest BCUT2D eigenvalue weighted by Gasteiger charge is 2.17. The summed E-state index contributed by atoms with van der Waals surface area (Å²) in [7, 11) is 0. The van der Waals surface area contributed by atoms with Crippen molar-refractivity contribution in [2.75, 3.05) is 19.6 Å². The predicted octanol–water partition coefficient (Wildman–Crippen LogP) is 3.66. The van der Waals surface area contributed by atoms with Crippen molar-refractivity contribution in [1.82, 2.24) is 10.2 Å². The van der Waals surface area contributed by atoms with E-state index in [1.54, 1.807) is 6.07 Å². The van der Waals surface area contributed by atoms with Crippen molar-refractivity contribution in [3.8, 4) is 0 Å². The summed E-state index contributed by atoms with van der Waals surface area (Å²) < 4.78 is 0. The van der Waals surface area contributed by atoms with Crippen LogP contribution in [0.1, 0.15) is 37.8 Å². The molecule has 110 valence electrons. The molecule has 0 bridgehead atoms. The van der Waals surface area contributed by atoms with E-state index in [2.05, 4.69) is 5.32 Å². The lowest BCUT2D eigenvalue weighted by atomic mass is 10.1. The minimum Gasteiger partial charge on any atom is -0.343 e. The lowest BCUT2D eigenvalue weighted by Gasteiger charge is -2.18. The van der Waals surface area contributed by atoms with Crippen LogP contribution in [0.25, 0.3) is 0 Å². The minimum absolute atomic E-state index is 0.103. The van der Waals surface area contributed by atoms with Gasteiger partial charge in [-0.1, -0.05) is 29.3 Å². The van der Waals surface area contributed by atoms with Crippen LogP contribution in [0, 0.1) is 0 Å². The van der Waals surface area contributed by atoms with Crippen LogP contribution in [0.3, 0.4) is 0 Å². The maximum absolute atomic E-state index is 11.9. The van der Waals surface area contributed by atoms with Crippen LogP contribution in [0.2, 0.25) is 10.0 Å². The number of nitrogens with one attached hydrogen (secondary N) is 1. The van der Waals surface area contributed by atoms with Gasteiger partial charge in [0.2, 0.25) is 5.91 Å². The fourth-order valence-electron chi connectivity index (χ4n) is 2.48. The highest BCUT2D eigenvalue weighted by atomic mass is 35.5. The smallest absolute Gasteiger partial charge is 0.223 e. The first kappa shape index (κ1) is 15.6. The number of amides is 1. The van der Waals surface area contributed by atoms with Gasteiger partial charge in [-0.05, 0) is 37.5 Å². The van der Waals surface area contributed by atoms with Gasteiger partial charge in [0.15, 0.2) is 0 Å². The van der Waals surface area contributed by atoms with Crippen LogP contribution in [-0.2, 0) is 4.79 Å². The van der Waals surface area contributed by atoms with Crippen molar-refractivity contribution in [2.45, 2.75) is 32.2 Å². The molecule has 20 heavy (non-hydrogen) atoms. The summed E-state index contributed by atoms with van der Waals surface area (Å²) in [4.78, 5) is 13.9. The molecule has 1 saturated heterocycles. The van der Waals surface area contributed by atoms with Crippen LogP contribution >= 0.6 is 23.2 Å². The third kappa shape index (κ3) is 4.11. The molecule has 1 fully saturated rings. The van der Waals surface area contributed by atoms with Crippen LogP contribution in [0.5, 0.6) is 0 Å². The second kappa shape index (κ2) is 7.30. The highest BCUT2D eigenvalue weighted by molar-refractivity contribution is 6.35. The number of likely N-dealkylation sites (tertiary alicyclic amines) is 1. The van der Waals surface area contributed by atoms with Crippen molar-refractivity contribution >= 4 is 29.1 Å². The quantitative estimate of drug-likeness (QED) is 0.899. The Balaban J connectivity index is 1.79. The zero-order valence-electron chi connectivity index (χ0n) is 11.7. The maximum atomic E-state index is 11.9. The molecule has 1 aliphatic rings. The highest BCUT2D eigenvalue weighted by Crippen LogP contribution is 2.26. The van der Waals surface area contributed by atoms with Gasteiger partial charge in [0.05, 0.1) is 0 Å². The molecule has 1 N–H and O–H groups in total. The number of hydrogen-bond donors (Lipinski definition) is 1. The molecule has 1 amide bonds. The zero-order valence-corrected chi connectivity index (χ0v) is 13.2.